The molecule has 0 aliphatic heterocycles. The van der Waals surface area contributed by atoms with Gasteiger partial charge in [0.25, 0.3) is 0 Å². The normalized spacial score (nSPS) is 13.2. The van der Waals surface area contributed by atoms with Crippen molar-refractivity contribution in [2.75, 3.05) is 13.2 Å². The molecule has 1 atom stereocenters. The molecule has 0 spiro atoms. The van der Waals surface area contributed by atoms with Crippen LogP contribution in [0, 0.1) is 0 Å². The highest BCUT2D eigenvalue weighted by Gasteiger charge is 2.18. The van der Waals surface area contributed by atoms with Crippen LogP contribution in [0.3, 0.4) is 0 Å². The highest BCUT2D eigenvalue weighted by molar-refractivity contribution is 5.38. The molecule has 1 rings (SSSR count). The Bertz CT molecular complexity index is 395. The van der Waals surface area contributed by atoms with Gasteiger partial charge in [0.05, 0.1) is 6.61 Å². The van der Waals surface area contributed by atoms with Gasteiger partial charge in [0.15, 0.2) is 0 Å². The van der Waals surface area contributed by atoms with Gasteiger partial charge >= 0.3 is 0 Å². The minimum absolute atomic E-state index is 0.130. The van der Waals surface area contributed by atoms with Crippen LogP contribution in [0.5, 0.6) is 5.75 Å². The van der Waals surface area contributed by atoms with E-state index in [1.165, 1.54) is 24.8 Å². The number of hydrogen-bond acceptors (Lipinski definition) is 2. The van der Waals surface area contributed by atoms with Crippen molar-refractivity contribution in [1.29, 1.82) is 0 Å². The van der Waals surface area contributed by atoms with Crippen molar-refractivity contribution in [3.63, 3.8) is 0 Å². The monoisotopic (exact) mass is 291 g/mol. The van der Waals surface area contributed by atoms with Gasteiger partial charge < -0.3 is 10.1 Å². The number of benzene rings is 1. The van der Waals surface area contributed by atoms with Gasteiger partial charge in [-0.3, -0.25) is 0 Å². The van der Waals surface area contributed by atoms with E-state index in [0.29, 0.717) is 6.04 Å². The van der Waals surface area contributed by atoms with Crippen LogP contribution in [-0.2, 0) is 5.41 Å². The molecule has 2 nitrogen and oxygen atoms in total. The second kappa shape index (κ2) is 9.09. The average molecular weight is 291 g/mol. The summed E-state index contributed by atoms with van der Waals surface area (Å²) in [4.78, 5) is 0. The molecular weight excluding hydrogens is 258 g/mol. The largest absolute Gasteiger partial charge is 0.493 e. The van der Waals surface area contributed by atoms with E-state index in [0.717, 1.165) is 25.3 Å². The van der Waals surface area contributed by atoms with Crippen LogP contribution in [0.2, 0.25) is 0 Å². The summed E-state index contributed by atoms with van der Waals surface area (Å²) in [6.07, 6.45) is 4.69. The summed E-state index contributed by atoms with van der Waals surface area (Å²) in [5.74, 6) is 1.04. The fourth-order valence-electron chi connectivity index (χ4n) is 2.52. The van der Waals surface area contributed by atoms with E-state index in [1.54, 1.807) is 0 Å². The Morgan fingerprint density at radius 3 is 2.48 bits per heavy atom. The molecule has 2 heteroatoms. The van der Waals surface area contributed by atoms with Gasteiger partial charge in [-0.15, -0.1) is 0 Å². The lowest BCUT2D eigenvalue weighted by Gasteiger charge is -2.23. The molecule has 0 radical (unpaired) electrons. The van der Waals surface area contributed by atoms with Crippen molar-refractivity contribution in [2.24, 2.45) is 0 Å². The molecule has 0 heterocycles. The van der Waals surface area contributed by atoms with Gasteiger partial charge in [0.1, 0.15) is 5.75 Å². The van der Waals surface area contributed by atoms with Crippen molar-refractivity contribution in [3.8, 4) is 5.75 Å². The Hall–Kier alpha value is -1.02. The van der Waals surface area contributed by atoms with Gasteiger partial charge in [-0.25, -0.2) is 0 Å². The molecule has 0 aliphatic rings. The summed E-state index contributed by atoms with van der Waals surface area (Å²) < 4.78 is 6.04. The molecule has 0 aliphatic carbocycles. The van der Waals surface area contributed by atoms with Crippen molar-refractivity contribution in [1.82, 2.24) is 5.32 Å². The van der Waals surface area contributed by atoms with E-state index in [2.05, 4.69) is 64.2 Å². The highest BCUT2D eigenvalue weighted by atomic mass is 16.5. The lowest BCUT2D eigenvalue weighted by Crippen LogP contribution is -2.29. The fraction of sp³-hybridized carbons (Fsp3) is 0.684. The van der Waals surface area contributed by atoms with Gasteiger partial charge in [-0.05, 0) is 49.3 Å². The van der Waals surface area contributed by atoms with Crippen molar-refractivity contribution < 1.29 is 4.74 Å². The van der Waals surface area contributed by atoms with Crippen LogP contribution < -0.4 is 10.1 Å². The van der Waals surface area contributed by atoms with Crippen LogP contribution in [0.4, 0.5) is 0 Å². The molecule has 0 aromatic heterocycles. The predicted octanol–water partition coefficient (Wildman–Crippen LogP) is 4.92. The van der Waals surface area contributed by atoms with E-state index in [4.69, 9.17) is 4.74 Å². The van der Waals surface area contributed by atoms with Crippen molar-refractivity contribution in [2.45, 2.75) is 71.8 Å². The summed E-state index contributed by atoms with van der Waals surface area (Å²) in [5.41, 5.74) is 1.42. The van der Waals surface area contributed by atoms with E-state index in [-0.39, 0.29) is 5.41 Å². The van der Waals surface area contributed by atoms with E-state index < -0.39 is 0 Å². The first-order chi connectivity index (χ1) is 9.99. The van der Waals surface area contributed by atoms with Crippen molar-refractivity contribution in [3.05, 3.63) is 29.8 Å². The number of para-hydroxylation sites is 1. The van der Waals surface area contributed by atoms with E-state index >= 15 is 0 Å². The molecule has 1 N–H and O–H groups in total. The van der Waals surface area contributed by atoms with Gasteiger partial charge in [0, 0.05) is 6.04 Å². The summed E-state index contributed by atoms with van der Waals surface area (Å²) in [6.45, 7) is 13.1. The Morgan fingerprint density at radius 1 is 1.14 bits per heavy atom. The minimum atomic E-state index is 0.130. The van der Waals surface area contributed by atoms with Gasteiger partial charge in [-0.2, -0.15) is 0 Å². The third-order valence-corrected chi connectivity index (χ3v) is 3.83. The van der Waals surface area contributed by atoms with E-state index in [9.17, 15) is 0 Å². The summed E-state index contributed by atoms with van der Waals surface area (Å²) >= 11 is 0. The molecule has 21 heavy (non-hydrogen) atoms. The van der Waals surface area contributed by atoms with Crippen molar-refractivity contribution >= 4 is 0 Å². The maximum absolute atomic E-state index is 6.04. The van der Waals surface area contributed by atoms with Crippen LogP contribution in [0.1, 0.15) is 65.9 Å². The zero-order valence-corrected chi connectivity index (χ0v) is 14.5. The first kappa shape index (κ1) is 18.0. The first-order valence-corrected chi connectivity index (χ1v) is 8.44. The number of ether oxygens (including phenoxy) is 1. The molecule has 0 bridgehead atoms. The first-order valence-electron chi connectivity index (χ1n) is 8.44. The van der Waals surface area contributed by atoms with Gasteiger partial charge in [0.2, 0.25) is 0 Å². The third-order valence-electron chi connectivity index (χ3n) is 3.83. The summed E-state index contributed by atoms with van der Waals surface area (Å²) in [6, 6.07) is 9.05. The SMILES string of the molecule is CCCNC(CC)CCCOc1ccccc1C(C)(C)C. The smallest absolute Gasteiger partial charge is 0.123 e. The molecule has 1 aromatic carbocycles. The molecule has 0 amide bonds. The maximum atomic E-state index is 6.04. The van der Waals surface area contributed by atoms with Gasteiger partial charge in [-0.1, -0.05) is 52.8 Å². The number of rotatable bonds is 9. The Kier molecular flexibility index (Phi) is 7.81. The molecule has 0 saturated carbocycles. The molecule has 1 unspecified atom stereocenters. The second-order valence-corrected chi connectivity index (χ2v) is 6.80. The summed E-state index contributed by atoms with van der Waals surface area (Å²) in [7, 11) is 0. The zero-order chi connectivity index (χ0) is 15.7. The average Bonchev–Trinajstić information content (AvgIpc) is 2.46. The van der Waals surface area contributed by atoms with Crippen LogP contribution in [0.25, 0.3) is 0 Å². The molecular formula is C19H33NO. The van der Waals surface area contributed by atoms with Crippen LogP contribution in [0.15, 0.2) is 24.3 Å². The zero-order valence-electron chi connectivity index (χ0n) is 14.5. The Balaban J connectivity index is 2.42. The number of nitrogens with one attached hydrogen (secondary N) is 1. The topological polar surface area (TPSA) is 21.3 Å². The van der Waals surface area contributed by atoms with E-state index in [1.807, 2.05) is 0 Å². The fourth-order valence-corrected chi connectivity index (χ4v) is 2.52. The Morgan fingerprint density at radius 2 is 1.86 bits per heavy atom. The highest BCUT2D eigenvalue weighted by Crippen LogP contribution is 2.30. The third kappa shape index (κ3) is 6.52. The quantitative estimate of drug-likeness (QED) is 0.652. The van der Waals surface area contributed by atoms with Crippen LogP contribution >= 0.6 is 0 Å². The molecule has 0 fully saturated rings. The predicted molar refractivity (Wildman–Crippen MR) is 92.2 cm³/mol. The second-order valence-electron chi connectivity index (χ2n) is 6.80. The lowest BCUT2D eigenvalue weighted by molar-refractivity contribution is 0.287. The molecule has 1 aromatic rings. The lowest BCUT2D eigenvalue weighted by atomic mass is 9.86. The molecule has 120 valence electrons. The molecule has 0 saturated heterocycles. The minimum Gasteiger partial charge on any atom is -0.493 e. The summed E-state index contributed by atoms with van der Waals surface area (Å²) in [5, 5.41) is 3.60. The van der Waals surface area contributed by atoms with Crippen LogP contribution in [-0.4, -0.2) is 19.2 Å². The maximum Gasteiger partial charge on any atom is 0.123 e. The standard InChI is InChI=1S/C19H33NO/c1-6-14-20-16(7-2)11-10-15-21-18-13-9-8-12-17(18)19(3,4)5/h8-9,12-13,16,20H,6-7,10-11,14-15H2,1-5H3. The Labute approximate surface area is 131 Å². The number of hydrogen-bond donors (Lipinski definition) is 1.